The van der Waals surface area contributed by atoms with Gasteiger partial charge in [0.25, 0.3) is 5.91 Å². The Morgan fingerprint density at radius 1 is 1.38 bits per heavy atom. The maximum atomic E-state index is 12.3. The molecule has 1 saturated heterocycles. The molecule has 118 valence electrons. The number of rotatable bonds is 3. The number of carbonyl (C=O) groups is 1. The summed E-state index contributed by atoms with van der Waals surface area (Å²) in [6, 6.07) is 0. The minimum atomic E-state index is -4.21. The predicted octanol–water partition coefficient (Wildman–Crippen LogP) is 1.09. The van der Waals surface area contributed by atoms with Gasteiger partial charge in [-0.05, 0) is 0 Å². The Morgan fingerprint density at radius 2 is 2.00 bits per heavy atom. The molecule has 1 aromatic heterocycles. The van der Waals surface area contributed by atoms with Gasteiger partial charge in [0.2, 0.25) is 0 Å². The van der Waals surface area contributed by atoms with Crippen molar-refractivity contribution >= 4 is 28.2 Å². The molecule has 3 N–H and O–H groups in total. The molecule has 0 aromatic carbocycles. The molecule has 1 fully saturated rings. The van der Waals surface area contributed by atoms with Gasteiger partial charge in [0.15, 0.2) is 5.13 Å². The summed E-state index contributed by atoms with van der Waals surface area (Å²) in [5.74, 6) is -0.134. The minimum Gasteiger partial charge on any atom is -0.382 e. The summed E-state index contributed by atoms with van der Waals surface area (Å²) in [5, 5.41) is 3.34. The van der Waals surface area contributed by atoms with Crippen molar-refractivity contribution in [3.63, 3.8) is 0 Å². The second-order valence-electron chi connectivity index (χ2n) is 4.67. The fourth-order valence-corrected chi connectivity index (χ4v) is 2.90. The molecular weight excluding hydrogens is 307 g/mol. The number of nitrogens with zero attached hydrogens (tertiary/aromatic N) is 3. The standard InChI is InChI=1S/C11H16F3N5OS/c1-16-10-17-8(15)7(21-10)9(20)19-4-2-18(3-5-19)6-11(12,13)14/h2-6,15H2,1H3,(H,16,17). The Hall–Kier alpha value is -1.55. The van der Waals surface area contributed by atoms with E-state index in [1.807, 2.05) is 0 Å². The highest BCUT2D eigenvalue weighted by Gasteiger charge is 2.33. The summed E-state index contributed by atoms with van der Waals surface area (Å²) in [5.41, 5.74) is 5.69. The maximum absolute atomic E-state index is 12.3. The average Bonchev–Trinajstić information content (AvgIpc) is 2.78. The van der Waals surface area contributed by atoms with Gasteiger partial charge >= 0.3 is 6.18 Å². The van der Waals surface area contributed by atoms with Gasteiger partial charge in [-0.25, -0.2) is 4.98 Å². The number of anilines is 2. The average molecular weight is 323 g/mol. The number of halogens is 3. The monoisotopic (exact) mass is 323 g/mol. The lowest BCUT2D eigenvalue weighted by Gasteiger charge is -2.34. The van der Waals surface area contributed by atoms with Crippen molar-refractivity contribution in [2.45, 2.75) is 6.18 Å². The number of hydrogen-bond donors (Lipinski definition) is 2. The molecule has 6 nitrogen and oxygen atoms in total. The van der Waals surface area contributed by atoms with E-state index in [1.54, 1.807) is 7.05 Å². The number of nitrogen functional groups attached to an aromatic ring is 1. The number of alkyl halides is 3. The fourth-order valence-electron chi connectivity index (χ4n) is 2.10. The summed E-state index contributed by atoms with van der Waals surface area (Å²) in [6.45, 7) is -0.0460. The topological polar surface area (TPSA) is 74.5 Å². The molecule has 2 rings (SSSR count). The van der Waals surface area contributed by atoms with Gasteiger partial charge in [-0.1, -0.05) is 11.3 Å². The Balaban J connectivity index is 1.95. The van der Waals surface area contributed by atoms with Crippen LogP contribution in [0.5, 0.6) is 0 Å². The van der Waals surface area contributed by atoms with E-state index in [1.165, 1.54) is 9.80 Å². The third kappa shape index (κ3) is 3.97. The van der Waals surface area contributed by atoms with Crippen molar-refractivity contribution in [2.75, 3.05) is 50.8 Å². The SMILES string of the molecule is CNc1nc(N)c(C(=O)N2CCN(CC(F)(F)F)CC2)s1. The Bertz CT molecular complexity index is 510. The highest BCUT2D eigenvalue weighted by atomic mass is 32.1. The highest BCUT2D eigenvalue weighted by molar-refractivity contribution is 7.18. The van der Waals surface area contributed by atoms with Gasteiger partial charge in [-0.15, -0.1) is 0 Å². The van der Waals surface area contributed by atoms with Crippen molar-refractivity contribution in [1.82, 2.24) is 14.8 Å². The van der Waals surface area contributed by atoms with Gasteiger partial charge in [0.1, 0.15) is 10.7 Å². The lowest BCUT2D eigenvalue weighted by atomic mass is 10.3. The zero-order valence-corrected chi connectivity index (χ0v) is 12.2. The number of nitrogens with two attached hydrogens (primary N) is 1. The van der Waals surface area contributed by atoms with E-state index in [9.17, 15) is 18.0 Å². The second-order valence-corrected chi connectivity index (χ2v) is 5.67. The smallest absolute Gasteiger partial charge is 0.382 e. The molecule has 0 atom stereocenters. The molecule has 0 bridgehead atoms. The molecule has 10 heteroatoms. The van der Waals surface area contributed by atoms with Crippen LogP contribution in [0.25, 0.3) is 0 Å². The van der Waals surface area contributed by atoms with Crippen LogP contribution in [-0.2, 0) is 0 Å². The molecule has 0 unspecified atom stereocenters. The normalized spacial score (nSPS) is 17.0. The van der Waals surface area contributed by atoms with Crippen LogP contribution >= 0.6 is 11.3 Å². The molecule has 0 saturated carbocycles. The number of aromatic nitrogens is 1. The van der Waals surface area contributed by atoms with E-state index in [4.69, 9.17) is 5.73 Å². The quantitative estimate of drug-likeness (QED) is 0.871. The highest BCUT2D eigenvalue weighted by Crippen LogP contribution is 2.26. The van der Waals surface area contributed by atoms with Crippen LogP contribution in [0.2, 0.25) is 0 Å². The zero-order chi connectivity index (χ0) is 15.6. The van der Waals surface area contributed by atoms with Crippen molar-refractivity contribution in [2.24, 2.45) is 0 Å². The van der Waals surface area contributed by atoms with Crippen molar-refractivity contribution in [3.05, 3.63) is 4.88 Å². The molecule has 1 aromatic rings. The van der Waals surface area contributed by atoms with E-state index in [0.717, 1.165) is 11.3 Å². The summed E-state index contributed by atoms with van der Waals surface area (Å²) in [6.07, 6.45) is -4.21. The van der Waals surface area contributed by atoms with Crippen LogP contribution in [0, 0.1) is 0 Å². The van der Waals surface area contributed by atoms with Crippen molar-refractivity contribution in [3.8, 4) is 0 Å². The molecular formula is C11H16F3N5OS. The zero-order valence-electron chi connectivity index (χ0n) is 11.4. The first-order valence-electron chi connectivity index (χ1n) is 6.32. The molecule has 0 aliphatic carbocycles. The van der Waals surface area contributed by atoms with E-state index in [-0.39, 0.29) is 37.9 Å². The van der Waals surface area contributed by atoms with Crippen LogP contribution in [-0.4, -0.2) is 66.6 Å². The fraction of sp³-hybridized carbons (Fsp3) is 0.636. The van der Waals surface area contributed by atoms with Gasteiger partial charge in [-0.2, -0.15) is 13.2 Å². The molecule has 0 spiro atoms. The molecule has 2 heterocycles. The molecule has 1 amide bonds. The summed E-state index contributed by atoms with van der Waals surface area (Å²) >= 11 is 1.14. The number of thiazole rings is 1. The third-order valence-corrected chi connectivity index (χ3v) is 4.20. The van der Waals surface area contributed by atoms with Gasteiger partial charge in [0, 0.05) is 33.2 Å². The second kappa shape index (κ2) is 6.06. The number of amides is 1. The molecule has 1 aliphatic heterocycles. The van der Waals surface area contributed by atoms with Crippen molar-refractivity contribution < 1.29 is 18.0 Å². The van der Waals surface area contributed by atoms with Crippen LogP contribution in [0.1, 0.15) is 9.67 Å². The van der Waals surface area contributed by atoms with E-state index in [0.29, 0.717) is 10.0 Å². The lowest BCUT2D eigenvalue weighted by molar-refractivity contribution is -0.148. The van der Waals surface area contributed by atoms with Gasteiger partial charge < -0.3 is 16.0 Å². The van der Waals surface area contributed by atoms with Crippen LogP contribution in [0.15, 0.2) is 0 Å². The maximum Gasteiger partial charge on any atom is 0.401 e. The number of carbonyl (C=O) groups excluding carboxylic acids is 1. The molecule has 1 aliphatic rings. The first-order chi connectivity index (χ1) is 9.80. The minimum absolute atomic E-state index is 0.145. The number of nitrogens with one attached hydrogen (secondary N) is 1. The van der Waals surface area contributed by atoms with Crippen LogP contribution < -0.4 is 11.1 Å². The lowest BCUT2D eigenvalue weighted by Crippen LogP contribution is -2.50. The Labute approximate surface area is 123 Å². The predicted molar refractivity (Wildman–Crippen MR) is 74.5 cm³/mol. The summed E-state index contributed by atoms with van der Waals surface area (Å²) in [4.78, 5) is 19.4. The largest absolute Gasteiger partial charge is 0.401 e. The first-order valence-corrected chi connectivity index (χ1v) is 7.14. The first kappa shape index (κ1) is 15.8. The van der Waals surface area contributed by atoms with E-state index >= 15 is 0 Å². The number of hydrogen-bond acceptors (Lipinski definition) is 6. The Kier molecular flexibility index (Phi) is 4.57. The van der Waals surface area contributed by atoms with Crippen LogP contribution in [0.4, 0.5) is 24.1 Å². The summed E-state index contributed by atoms with van der Waals surface area (Å²) < 4.78 is 36.9. The van der Waals surface area contributed by atoms with E-state index < -0.39 is 12.7 Å². The van der Waals surface area contributed by atoms with Gasteiger partial charge in [0.05, 0.1) is 6.54 Å². The summed E-state index contributed by atoms with van der Waals surface area (Å²) in [7, 11) is 1.67. The van der Waals surface area contributed by atoms with Crippen molar-refractivity contribution in [1.29, 1.82) is 0 Å². The van der Waals surface area contributed by atoms with Crippen LogP contribution in [0.3, 0.4) is 0 Å². The van der Waals surface area contributed by atoms with E-state index in [2.05, 4.69) is 10.3 Å². The molecule has 0 radical (unpaired) electrons. The Morgan fingerprint density at radius 3 is 2.48 bits per heavy atom. The van der Waals surface area contributed by atoms with Gasteiger partial charge in [-0.3, -0.25) is 9.69 Å². The third-order valence-electron chi connectivity index (χ3n) is 3.12. The number of piperazine rings is 1. The molecule has 21 heavy (non-hydrogen) atoms.